The molecule has 0 saturated heterocycles. The lowest BCUT2D eigenvalue weighted by molar-refractivity contribution is 0.594. The molecule has 2 aromatic rings. The van der Waals surface area contributed by atoms with Gasteiger partial charge in [0.25, 0.3) is 0 Å². The van der Waals surface area contributed by atoms with Crippen LogP contribution in [0.15, 0.2) is 33.6 Å². The molecule has 1 atom stereocenters. The van der Waals surface area contributed by atoms with E-state index in [-0.39, 0.29) is 0 Å². The van der Waals surface area contributed by atoms with E-state index in [2.05, 4.69) is 21.0 Å². The second-order valence-corrected chi connectivity index (χ2v) is 6.99. The van der Waals surface area contributed by atoms with Gasteiger partial charge in [0.05, 0.1) is 18.4 Å². The zero-order chi connectivity index (χ0) is 14.2. The molecule has 1 heterocycles. The molecule has 102 valence electrons. The highest BCUT2D eigenvalue weighted by atomic mass is 79.9. The molecule has 1 aromatic heterocycles. The number of nitrogens with zero attached hydrogens (tertiary/aromatic N) is 3. The average Bonchev–Trinajstić information content (AvgIpc) is 2.62. The monoisotopic (exact) mass is 342 g/mol. The van der Waals surface area contributed by atoms with E-state index in [1.165, 1.54) is 0 Å². The normalized spacial score (nSPS) is 12.5. The maximum atomic E-state index is 12.6. The first-order valence-corrected chi connectivity index (χ1v) is 7.89. The van der Waals surface area contributed by atoms with Crippen molar-refractivity contribution >= 4 is 32.6 Å². The van der Waals surface area contributed by atoms with Crippen LogP contribution in [0.2, 0.25) is 0 Å². The molecule has 0 aliphatic rings. The third-order valence-electron chi connectivity index (χ3n) is 3.11. The van der Waals surface area contributed by atoms with E-state index in [4.69, 9.17) is 0 Å². The van der Waals surface area contributed by atoms with Crippen molar-refractivity contribution in [1.82, 2.24) is 9.78 Å². The quantitative estimate of drug-likeness (QED) is 0.635. The lowest BCUT2D eigenvalue weighted by Gasteiger charge is -2.12. The van der Waals surface area contributed by atoms with Crippen LogP contribution in [0, 0.1) is 13.8 Å². The second-order valence-electron chi connectivity index (χ2n) is 4.42. The first-order chi connectivity index (χ1) is 8.91. The van der Waals surface area contributed by atoms with Gasteiger partial charge in [-0.15, -0.1) is 0 Å². The van der Waals surface area contributed by atoms with Crippen LogP contribution in [-0.2, 0) is 22.2 Å². The van der Waals surface area contributed by atoms with Gasteiger partial charge in [0.15, 0.2) is 15.9 Å². The summed E-state index contributed by atoms with van der Waals surface area (Å²) in [5.41, 5.74) is 2.84. The molecule has 1 aromatic carbocycles. The zero-order valence-corrected chi connectivity index (χ0v) is 13.9. The van der Waals surface area contributed by atoms with Crippen LogP contribution >= 0.6 is 15.9 Å². The van der Waals surface area contributed by atoms with E-state index < -0.39 is 11.0 Å². The van der Waals surface area contributed by atoms with E-state index in [9.17, 15) is 4.21 Å². The summed E-state index contributed by atoms with van der Waals surface area (Å²) in [5.74, 6) is 0. The van der Waals surface area contributed by atoms with Gasteiger partial charge in [0.2, 0.25) is 0 Å². The number of hydrogen-bond donors (Lipinski definition) is 0. The number of benzene rings is 1. The third kappa shape index (κ3) is 2.74. The summed E-state index contributed by atoms with van der Waals surface area (Å²) in [7, 11) is 2.10. The van der Waals surface area contributed by atoms with E-state index in [1.807, 2.05) is 56.9 Å². The Bertz CT molecular complexity index is 622. The number of thiol groups is 1. The van der Waals surface area contributed by atoms with Gasteiger partial charge in [-0.25, -0.2) is 0 Å². The van der Waals surface area contributed by atoms with Gasteiger partial charge in [0, 0.05) is 11.5 Å². The second kappa shape index (κ2) is 5.46. The first-order valence-electron chi connectivity index (χ1n) is 5.88. The molecule has 0 amide bonds. The zero-order valence-electron chi connectivity index (χ0n) is 11.4. The molecule has 0 aliphatic heterocycles. The lowest BCUT2D eigenvalue weighted by atomic mass is 10.3. The van der Waals surface area contributed by atoms with Gasteiger partial charge in [-0.3, -0.25) is 4.68 Å². The number of anilines is 1. The number of aryl methyl sites for hydroxylation is 2. The number of halogens is 1. The molecule has 0 N–H and O–H groups in total. The number of hydrogen-bond acceptors (Lipinski definition) is 2. The summed E-state index contributed by atoms with van der Waals surface area (Å²) in [6, 6.07) is 7.55. The summed E-state index contributed by atoms with van der Waals surface area (Å²) in [5, 5.41) is 4.36. The molecule has 0 radical (unpaired) electrons. The average molecular weight is 343 g/mol. The van der Waals surface area contributed by atoms with Crippen LogP contribution in [0.25, 0.3) is 0 Å². The third-order valence-corrected chi connectivity index (χ3v) is 5.13. The predicted octanol–water partition coefficient (Wildman–Crippen LogP) is 2.91. The Balaban J connectivity index is 2.36. The fourth-order valence-corrected chi connectivity index (χ4v) is 3.55. The van der Waals surface area contributed by atoms with Gasteiger partial charge in [0.1, 0.15) is 5.69 Å². The van der Waals surface area contributed by atoms with Gasteiger partial charge in [-0.1, -0.05) is 20.1 Å². The molecule has 1 unspecified atom stereocenters. The maximum Gasteiger partial charge on any atom is 0.199 e. The number of aromatic nitrogens is 2. The molecule has 0 bridgehead atoms. The van der Waals surface area contributed by atoms with Crippen molar-refractivity contribution in [2.75, 3.05) is 11.4 Å². The van der Waals surface area contributed by atoms with Crippen LogP contribution in [0.1, 0.15) is 11.4 Å². The van der Waals surface area contributed by atoms with E-state index >= 15 is 0 Å². The minimum Gasteiger partial charge on any atom is -0.270 e. The summed E-state index contributed by atoms with van der Waals surface area (Å²) in [4.78, 5) is 0.809. The Hall–Kier alpha value is -1.14. The summed E-state index contributed by atoms with van der Waals surface area (Å²) in [6.45, 7) is 3.92. The van der Waals surface area contributed by atoms with Gasteiger partial charge in [-0.05, 0) is 38.1 Å². The van der Waals surface area contributed by atoms with Crippen molar-refractivity contribution in [2.45, 2.75) is 18.7 Å². The van der Waals surface area contributed by atoms with Crippen LogP contribution in [0.3, 0.4) is 0 Å². The highest BCUT2D eigenvalue weighted by molar-refractivity contribution is 9.10. The van der Waals surface area contributed by atoms with Crippen LogP contribution in [0.5, 0.6) is 0 Å². The van der Waals surface area contributed by atoms with Gasteiger partial charge < -0.3 is 0 Å². The minimum atomic E-state index is -1.64. The smallest absolute Gasteiger partial charge is 0.199 e. The Labute approximate surface area is 124 Å². The standard InChI is InChI=1S/C13H16BrN3OS/c1-9-13(10(2)16(3)15-9)17(4)19(18)12-7-5-11(14)6-8-12/h5-8H,1-4H3/p+1. The topological polar surface area (TPSA) is 38.1 Å². The minimum absolute atomic E-state index is 0.809. The highest BCUT2D eigenvalue weighted by Crippen LogP contribution is 2.26. The van der Waals surface area contributed by atoms with Crippen LogP contribution in [-0.4, -0.2) is 16.8 Å². The Morgan fingerprint density at radius 3 is 2.32 bits per heavy atom. The van der Waals surface area contributed by atoms with E-state index in [0.717, 1.165) is 26.4 Å². The molecule has 6 heteroatoms. The first kappa shape index (κ1) is 14.3. The summed E-state index contributed by atoms with van der Waals surface area (Å²) < 4.78 is 17.2. The van der Waals surface area contributed by atoms with Crippen molar-refractivity contribution in [1.29, 1.82) is 0 Å². The largest absolute Gasteiger partial charge is 0.270 e. The van der Waals surface area contributed by atoms with Crippen LogP contribution < -0.4 is 4.31 Å². The molecular weight excluding hydrogens is 326 g/mol. The fourth-order valence-electron chi connectivity index (χ4n) is 2.06. The summed E-state index contributed by atoms with van der Waals surface area (Å²) >= 11 is 3.38. The van der Waals surface area contributed by atoms with Gasteiger partial charge in [-0.2, -0.15) is 9.40 Å². The number of rotatable bonds is 3. The van der Waals surface area contributed by atoms with Crippen molar-refractivity contribution in [3.63, 3.8) is 0 Å². The van der Waals surface area contributed by atoms with E-state index in [1.54, 1.807) is 4.31 Å². The Morgan fingerprint density at radius 1 is 1.26 bits per heavy atom. The SMILES string of the molecule is Cc1nn(C)c(C)c1N(C)[SH+](=O)c1ccc(Br)cc1. The van der Waals surface area contributed by atoms with E-state index in [0.29, 0.717) is 0 Å². The molecular formula is C13H17BrN3OS+. The molecule has 19 heavy (non-hydrogen) atoms. The van der Waals surface area contributed by atoms with Crippen molar-refractivity contribution in [2.24, 2.45) is 7.05 Å². The molecule has 4 nitrogen and oxygen atoms in total. The summed E-state index contributed by atoms with van der Waals surface area (Å²) in [6.07, 6.45) is 0. The molecule has 2 rings (SSSR count). The Kier molecular flexibility index (Phi) is 4.10. The fraction of sp³-hybridized carbons (Fsp3) is 0.308. The highest BCUT2D eigenvalue weighted by Gasteiger charge is 2.23. The van der Waals surface area contributed by atoms with Crippen molar-refractivity contribution in [3.8, 4) is 0 Å². The van der Waals surface area contributed by atoms with Crippen LogP contribution in [0.4, 0.5) is 5.69 Å². The Morgan fingerprint density at radius 2 is 1.84 bits per heavy atom. The predicted molar refractivity (Wildman–Crippen MR) is 82.9 cm³/mol. The van der Waals surface area contributed by atoms with Gasteiger partial charge >= 0.3 is 0 Å². The lowest BCUT2D eigenvalue weighted by Crippen LogP contribution is -2.21. The molecule has 0 spiro atoms. The molecule has 0 saturated carbocycles. The molecule has 0 fully saturated rings. The van der Waals surface area contributed by atoms with Crippen molar-refractivity contribution < 1.29 is 4.21 Å². The maximum absolute atomic E-state index is 12.6. The van der Waals surface area contributed by atoms with Crippen molar-refractivity contribution in [3.05, 3.63) is 40.1 Å². The molecule has 0 aliphatic carbocycles.